The summed E-state index contributed by atoms with van der Waals surface area (Å²) in [6, 6.07) is 9.71. The van der Waals surface area contributed by atoms with Crippen LogP contribution in [0.15, 0.2) is 46.0 Å². The summed E-state index contributed by atoms with van der Waals surface area (Å²) < 4.78 is 0.876. The first-order chi connectivity index (χ1) is 9.97. The molecule has 0 radical (unpaired) electrons. The normalized spacial score (nSPS) is 10.8. The van der Waals surface area contributed by atoms with Gasteiger partial charge in [0.2, 0.25) is 0 Å². The number of carbonyl (C=O) groups is 1. The number of amides is 1. The lowest BCUT2D eigenvalue weighted by atomic mass is 10.2. The van der Waals surface area contributed by atoms with Crippen LogP contribution >= 0.6 is 39.1 Å². The van der Waals surface area contributed by atoms with Gasteiger partial charge in [-0.3, -0.25) is 4.79 Å². The summed E-state index contributed by atoms with van der Waals surface area (Å²) in [7, 11) is 0. The fourth-order valence-electron chi connectivity index (χ4n) is 1.51. The molecule has 2 aromatic rings. The molecule has 2 rings (SSSR count). The minimum absolute atomic E-state index is 0.114. The van der Waals surface area contributed by atoms with Crippen molar-refractivity contribution in [2.75, 3.05) is 0 Å². The molecular formula is C14H9BrCl2N2O2. The average Bonchev–Trinajstić information content (AvgIpc) is 2.44. The Morgan fingerprint density at radius 3 is 2.57 bits per heavy atom. The zero-order valence-corrected chi connectivity index (χ0v) is 13.6. The van der Waals surface area contributed by atoms with E-state index in [0.29, 0.717) is 16.1 Å². The molecule has 7 heteroatoms. The van der Waals surface area contributed by atoms with Crippen molar-refractivity contribution in [3.8, 4) is 5.75 Å². The molecule has 0 bridgehead atoms. The minimum Gasteiger partial charge on any atom is -0.506 e. The predicted molar refractivity (Wildman–Crippen MR) is 87.3 cm³/mol. The van der Waals surface area contributed by atoms with Gasteiger partial charge in [0.1, 0.15) is 5.75 Å². The zero-order chi connectivity index (χ0) is 15.4. The maximum absolute atomic E-state index is 11.8. The second-order valence-electron chi connectivity index (χ2n) is 4.03. The Morgan fingerprint density at radius 1 is 1.24 bits per heavy atom. The number of rotatable bonds is 3. The Balaban J connectivity index is 2.09. The summed E-state index contributed by atoms with van der Waals surface area (Å²) in [5, 5.41) is 14.0. The van der Waals surface area contributed by atoms with E-state index in [2.05, 4.69) is 26.5 Å². The standard InChI is InChI=1S/C14H9BrCl2N2O2/c15-10-3-1-8(2-4-10)14(21)19-18-7-9-5-11(16)6-12(17)13(9)20/h1-7,20H,(H,19,21)/b18-7-. The number of nitrogens with one attached hydrogen (secondary N) is 1. The molecule has 0 spiro atoms. The highest BCUT2D eigenvalue weighted by molar-refractivity contribution is 9.10. The summed E-state index contributed by atoms with van der Waals surface area (Å²) in [6.45, 7) is 0. The molecule has 1 amide bonds. The van der Waals surface area contributed by atoms with Gasteiger partial charge in [0.15, 0.2) is 0 Å². The van der Waals surface area contributed by atoms with Crippen molar-refractivity contribution in [1.29, 1.82) is 0 Å². The van der Waals surface area contributed by atoms with Crippen LogP contribution in [0.25, 0.3) is 0 Å². The van der Waals surface area contributed by atoms with Gasteiger partial charge >= 0.3 is 0 Å². The number of halogens is 3. The van der Waals surface area contributed by atoms with Gasteiger partial charge in [0.25, 0.3) is 5.91 Å². The predicted octanol–water partition coefficient (Wildman–Crippen LogP) is 4.23. The molecule has 2 N–H and O–H groups in total. The van der Waals surface area contributed by atoms with Gasteiger partial charge in [-0.15, -0.1) is 0 Å². The SMILES string of the molecule is O=C(N/N=C\c1cc(Cl)cc(Cl)c1O)c1ccc(Br)cc1. The van der Waals surface area contributed by atoms with Crippen LogP contribution in [0.4, 0.5) is 0 Å². The fraction of sp³-hybridized carbons (Fsp3) is 0. The lowest BCUT2D eigenvalue weighted by molar-refractivity contribution is 0.0955. The molecule has 0 aliphatic rings. The Hall–Kier alpha value is -1.56. The molecule has 0 saturated carbocycles. The number of benzene rings is 2. The monoisotopic (exact) mass is 386 g/mol. The third-order valence-electron chi connectivity index (χ3n) is 2.53. The molecule has 0 aliphatic heterocycles. The van der Waals surface area contributed by atoms with Crippen molar-refractivity contribution < 1.29 is 9.90 Å². The topological polar surface area (TPSA) is 61.7 Å². The van der Waals surface area contributed by atoms with Crippen molar-refractivity contribution >= 4 is 51.3 Å². The molecule has 0 fully saturated rings. The lowest BCUT2D eigenvalue weighted by Gasteiger charge is -2.03. The van der Waals surface area contributed by atoms with Gasteiger partial charge in [-0.25, -0.2) is 5.43 Å². The van der Waals surface area contributed by atoms with Crippen molar-refractivity contribution in [2.24, 2.45) is 5.10 Å². The average molecular weight is 388 g/mol. The van der Waals surface area contributed by atoms with E-state index in [1.807, 2.05) is 0 Å². The Bertz CT molecular complexity index is 703. The molecule has 4 nitrogen and oxygen atoms in total. The van der Waals surface area contributed by atoms with E-state index in [0.717, 1.165) is 4.47 Å². The molecule has 2 aromatic carbocycles. The molecule has 0 saturated heterocycles. The van der Waals surface area contributed by atoms with Crippen molar-refractivity contribution in [1.82, 2.24) is 5.43 Å². The van der Waals surface area contributed by atoms with Gasteiger partial charge in [0, 0.05) is 20.6 Å². The number of carbonyl (C=O) groups excluding carboxylic acids is 1. The molecule has 0 unspecified atom stereocenters. The van der Waals surface area contributed by atoms with Crippen LogP contribution in [-0.2, 0) is 0 Å². The molecular weight excluding hydrogens is 379 g/mol. The highest BCUT2D eigenvalue weighted by atomic mass is 79.9. The third-order valence-corrected chi connectivity index (χ3v) is 3.57. The van der Waals surface area contributed by atoms with Gasteiger partial charge in [-0.2, -0.15) is 5.10 Å². The zero-order valence-electron chi connectivity index (χ0n) is 10.5. The number of phenolic OH excluding ortho intramolecular Hbond substituents is 1. The number of nitrogens with zero attached hydrogens (tertiary/aromatic N) is 1. The highest BCUT2D eigenvalue weighted by Crippen LogP contribution is 2.29. The number of aromatic hydroxyl groups is 1. The van der Waals surface area contributed by atoms with Crippen LogP contribution in [0.1, 0.15) is 15.9 Å². The second-order valence-corrected chi connectivity index (χ2v) is 5.79. The minimum atomic E-state index is -0.369. The molecule has 108 valence electrons. The van der Waals surface area contributed by atoms with Crippen LogP contribution < -0.4 is 5.43 Å². The first-order valence-corrected chi connectivity index (χ1v) is 7.29. The van der Waals surface area contributed by atoms with E-state index in [1.54, 1.807) is 24.3 Å². The first kappa shape index (κ1) is 15.8. The van der Waals surface area contributed by atoms with Gasteiger partial charge in [0.05, 0.1) is 11.2 Å². The smallest absolute Gasteiger partial charge is 0.271 e. The molecule has 21 heavy (non-hydrogen) atoms. The van der Waals surface area contributed by atoms with Crippen molar-refractivity contribution in [2.45, 2.75) is 0 Å². The van der Waals surface area contributed by atoms with Crippen LogP contribution in [0.5, 0.6) is 5.75 Å². The maximum atomic E-state index is 11.8. The largest absolute Gasteiger partial charge is 0.506 e. The van der Waals surface area contributed by atoms with Gasteiger partial charge < -0.3 is 5.11 Å². The quantitative estimate of drug-likeness (QED) is 0.611. The summed E-state index contributed by atoms with van der Waals surface area (Å²) in [5.74, 6) is -0.519. The maximum Gasteiger partial charge on any atom is 0.271 e. The van der Waals surface area contributed by atoms with E-state index in [9.17, 15) is 9.90 Å². The van der Waals surface area contributed by atoms with Gasteiger partial charge in [-0.05, 0) is 36.4 Å². The van der Waals surface area contributed by atoms with E-state index >= 15 is 0 Å². The summed E-state index contributed by atoms with van der Waals surface area (Å²) in [4.78, 5) is 11.8. The summed E-state index contributed by atoms with van der Waals surface area (Å²) in [6.07, 6.45) is 1.27. The van der Waals surface area contributed by atoms with Crippen molar-refractivity contribution in [3.05, 3.63) is 62.0 Å². The third kappa shape index (κ3) is 4.20. The number of phenols is 1. The van der Waals surface area contributed by atoms with Gasteiger partial charge in [-0.1, -0.05) is 39.1 Å². The Labute approximate surface area is 139 Å². The van der Waals surface area contributed by atoms with Crippen LogP contribution in [-0.4, -0.2) is 17.2 Å². The second kappa shape index (κ2) is 6.93. The highest BCUT2D eigenvalue weighted by Gasteiger charge is 2.07. The molecule has 0 aromatic heterocycles. The van der Waals surface area contributed by atoms with Crippen LogP contribution in [0.2, 0.25) is 10.0 Å². The number of hydrogen-bond donors (Lipinski definition) is 2. The Kier molecular flexibility index (Phi) is 5.22. The number of hydrogen-bond acceptors (Lipinski definition) is 3. The van der Waals surface area contributed by atoms with Crippen LogP contribution in [0.3, 0.4) is 0 Å². The fourth-order valence-corrected chi connectivity index (χ4v) is 2.28. The van der Waals surface area contributed by atoms with E-state index < -0.39 is 0 Å². The lowest BCUT2D eigenvalue weighted by Crippen LogP contribution is -2.17. The summed E-state index contributed by atoms with van der Waals surface area (Å²) in [5.41, 5.74) is 3.12. The Morgan fingerprint density at radius 2 is 1.90 bits per heavy atom. The first-order valence-electron chi connectivity index (χ1n) is 5.74. The van der Waals surface area contributed by atoms with E-state index in [1.165, 1.54) is 18.3 Å². The van der Waals surface area contributed by atoms with E-state index in [-0.39, 0.29) is 16.7 Å². The molecule has 0 aliphatic carbocycles. The van der Waals surface area contributed by atoms with Crippen molar-refractivity contribution in [3.63, 3.8) is 0 Å². The van der Waals surface area contributed by atoms with E-state index in [4.69, 9.17) is 23.2 Å². The molecule has 0 heterocycles. The molecule has 0 atom stereocenters. The van der Waals surface area contributed by atoms with Crippen LogP contribution in [0, 0.1) is 0 Å². The summed E-state index contributed by atoms with van der Waals surface area (Å²) >= 11 is 14.9. The number of hydrazone groups is 1.